The third kappa shape index (κ3) is 2.13. The molecule has 1 saturated carbocycles. The second kappa shape index (κ2) is 3.82. The average Bonchev–Trinajstić information content (AvgIpc) is 2.89. The van der Waals surface area contributed by atoms with Crippen molar-refractivity contribution in [3.05, 3.63) is 18.0 Å². The first-order chi connectivity index (χ1) is 6.79. The van der Waals surface area contributed by atoms with Gasteiger partial charge >= 0.3 is 5.97 Å². The minimum atomic E-state index is -0.224. The Morgan fingerprint density at radius 2 is 2.50 bits per heavy atom. The lowest BCUT2D eigenvalue weighted by atomic mass is 10.3. The van der Waals surface area contributed by atoms with Crippen molar-refractivity contribution in [2.45, 2.75) is 38.5 Å². The molecule has 0 radical (unpaired) electrons. The van der Waals surface area contributed by atoms with Crippen molar-refractivity contribution >= 4 is 5.97 Å². The van der Waals surface area contributed by atoms with E-state index in [1.165, 1.54) is 17.7 Å². The normalized spacial score (nSPS) is 15.5. The first-order valence-electron chi connectivity index (χ1n) is 5.06. The summed E-state index contributed by atoms with van der Waals surface area (Å²) in [4.78, 5) is 17.4. The minimum Gasteiger partial charge on any atom is -0.319 e. The van der Waals surface area contributed by atoms with Crippen LogP contribution in [0.2, 0.25) is 0 Å². The maximum absolute atomic E-state index is 11.1. The molecule has 1 aliphatic carbocycles. The molecule has 2 rings (SSSR count). The standard InChI is InChI=1S/C10H14N2O2/c1-2-3-10(13)14-12-7-6-9(11-12)8-4-5-8/h6-8H,2-5H2,1H3. The Kier molecular flexibility index (Phi) is 2.52. The zero-order chi connectivity index (χ0) is 9.97. The molecule has 1 aromatic rings. The van der Waals surface area contributed by atoms with Gasteiger partial charge in [-0.05, 0) is 25.3 Å². The molecule has 4 heteroatoms. The molecule has 0 saturated heterocycles. The highest BCUT2D eigenvalue weighted by Crippen LogP contribution is 2.38. The monoisotopic (exact) mass is 194 g/mol. The molecule has 1 aromatic heterocycles. The fraction of sp³-hybridized carbons (Fsp3) is 0.600. The Morgan fingerprint density at radius 1 is 1.71 bits per heavy atom. The largest absolute Gasteiger partial charge is 0.334 e. The van der Waals surface area contributed by atoms with Crippen molar-refractivity contribution in [1.29, 1.82) is 0 Å². The lowest BCUT2D eigenvalue weighted by Crippen LogP contribution is -2.19. The van der Waals surface area contributed by atoms with Crippen LogP contribution in [-0.2, 0) is 4.79 Å². The predicted molar refractivity (Wildman–Crippen MR) is 50.7 cm³/mol. The van der Waals surface area contributed by atoms with E-state index in [2.05, 4.69) is 5.10 Å². The molecule has 1 aliphatic rings. The van der Waals surface area contributed by atoms with Crippen LogP contribution in [0.15, 0.2) is 12.3 Å². The number of nitrogens with zero attached hydrogens (tertiary/aromatic N) is 2. The van der Waals surface area contributed by atoms with E-state index in [4.69, 9.17) is 4.84 Å². The smallest absolute Gasteiger partial charge is 0.319 e. The van der Waals surface area contributed by atoms with E-state index in [-0.39, 0.29) is 5.97 Å². The molecule has 0 N–H and O–H groups in total. The molecule has 1 heterocycles. The first-order valence-corrected chi connectivity index (χ1v) is 5.06. The van der Waals surface area contributed by atoms with Crippen molar-refractivity contribution in [3.8, 4) is 0 Å². The highest BCUT2D eigenvalue weighted by Gasteiger charge is 2.26. The van der Waals surface area contributed by atoms with Gasteiger partial charge in [0.1, 0.15) is 0 Å². The Morgan fingerprint density at radius 3 is 3.14 bits per heavy atom. The van der Waals surface area contributed by atoms with Crippen LogP contribution in [0.5, 0.6) is 0 Å². The highest BCUT2D eigenvalue weighted by molar-refractivity contribution is 5.69. The van der Waals surface area contributed by atoms with E-state index in [0.29, 0.717) is 12.3 Å². The Hall–Kier alpha value is -1.32. The van der Waals surface area contributed by atoms with Crippen LogP contribution in [0, 0.1) is 0 Å². The number of carbonyl (C=O) groups is 1. The summed E-state index contributed by atoms with van der Waals surface area (Å²) in [5.41, 5.74) is 1.04. The van der Waals surface area contributed by atoms with Crippen LogP contribution in [-0.4, -0.2) is 15.9 Å². The van der Waals surface area contributed by atoms with Crippen molar-refractivity contribution in [1.82, 2.24) is 9.94 Å². The topological polar surface area (TPSA) is 44.1 Å². The molecule has 0 aliphatic heterocycles. The maximum Gasteiger partial charge on any atom is 0.334 e. The summed E-state index contributed by atoms with van der Waals surface area (Å²) in [7, 11) is 0. The number of carbonyl (C=O) groups excluding carboxylic acids is 1. The first kappa shape index (κ1) is 9.24. The van der Waals surface area contributed by atoms with Gasteiger partial charge in [-0.1, -0.05) is 11.8 Å². The average molecular weight is 194 g/mol. The van der Waals surface area contributed by atoms with E-state index >= 15 is 0 Å². The lowest BCUT2D eigenvalue weighted by Gasteiger charge is -2.00. The van der Waals surface area contributed by atoms with E-state index in [1.807, 2.05) is 13.0 Å². The van der Waals surface area contributed by atoms with Gasteiger partial charge in [0.25, 0.3) is 0 Å². The molecule has 0 unspecified atom stereocenters. The summed E-state index contributed by atoms with van der Waals surface area (Å²) >= 11 is 0. The fourth-order valence-corrected chi connectivity index (χ4v) is 1.32. The molecule has 0 aromatic carbocycles. The lowest BCUT2D eigenvalue weighted by molar-refractivity contribution is -0.145. The second-order valence-corrected chi connectivity index (χ2v) is 3.63. The number of rotatable bonds is 4. The van der Waals surface area contributed by atoms with Crippen LogP contribution >= 0.6 is 0 Å². The summed E-state index contributed by atoms with van der Waals surface area (Å²) < 4.78 is 0. The van der Waals surface area contributed by atoms with Crippen LogP contribution in [0.4, 0.5) is 0 Å². The molecule has 4 nitrogen and oxygen atoms in total. The number of hydrogen-bond acceptors (Lipinski definition) is 3. The molecular weight excluding hydrogens is 180 g/mol. The summed E-state index contributed by atoms with van der Waals surface area (Å²) in [6, 6.07) is 1.91. The van der Waals surface area contributed by atoms with Crippen molar-refractivity contribution in [3.63, 3.8) is 0 Å². The van der Waals surface area contributed by atoms with Gasteiger partial charge in [0, 0.05) is 12.3 Å². The van der Waals surface area contributed by atoms with Gasteiger partial charge in [0.15, 0.2) is 0 Å². The summed E-state index contributed by atoms with van der Waals surface area (Å²) in [5.74, 6) is 0.374. The Balaban J connectivity index is 1.92. The van der Waals surface area contributed by atoms with Gasteiger partial charge in [-0.2, -0.15) is 0 Å². The number of aromatic nitrogens is 2. The summed E-state index contributed by atoms with van der Waals surface area (Å²) in [6.07, 6.45) is 5.36. The van der Waals surface area contributed by atoms with Crippen LogP contribution in [0.25, 0.3) is 0 Å². The molecule has 76 valence electrons. The quantitative estimate of drug-likeness (QED) is 0.729. The zero-order valence-corrected chi connectivity index (χ0v) is 8.27. The van der Waals surface area contributed by atoms with Gasteiger partial charge in [-0.3, -0.25) is 0 Å². The molecular formula is C10H14N2O2. The number of hydrogen-bond donors (Lipinski definition) is 0. The van der Waals surface area contributed by atoms with E-state index in [9.17, 15) is 4.79 Å². The molecule has 1 fully saturated rings. The Labute approximate surface area is 82.8 Å². The van der Waals surface area contributed by atoms with Gasteiger partial charge in [0.2, 0.25) is 0 Å². The summed E-state index contributed by atoms with van der Waals surface area (Å²) in [5, 5.41) is 4.17. The minimum absolute atomic E-state index is 0.224. The van der Waals surface area contributed by atoms with Crippen LogP contribution < -0.4 is 4.84 Å². The van der Waals surface area contributed by atoms with Crippen LogP contribution in [0.3, 0.4) is 0 Å². The third-order valence-corrected chi connectivity index (χ3v) is 2.23. The van der Waals surface area contributed by atoms with Crippen molar-refractivity contribution < 1.29 is 9.63 Å². The molecule has 14 heavy (non-hydrogen) atoms. The third-order valence-electron chi connectivity index (χ3n) is 2.23. The van der Waals surface area contributed by atoms with Gasteiger partial charge in [0.05, 0.1) is 11.9 Å². The van der Waals surface area contributed by atoms with Gasteiger partial charge in [-0.25, -0.2) is 4.79 Å². The highest BCUT2D eigenvalue weighted by atomic mass is 16.7. The van der Waals surface area contributed by atoms with E-state index in [0.717, 1.165) is 12.1 Å². The van der Waals surface area contributed by atoms with Crippen molar-refractivity contribution in [2.24, 2.45) is 0 Å². The fourth-order valence-electron chi connectivity index (χ4n) is 1.32. The Bertz CT molecular complexity index is 329. The maximum atomic E-state index is 11.1. The molecule has 0 spiro atoms. The van der Waals surface area contributed by atoms with Gasteiger partial charge < -0.3 is 4.84 Å². The molecule has 0 atom stereocenters. The predicted octanol–water partition coefficient (Wildman–Crippen LogP) is 1.52. The SMILES string of the molecule is CCCC(=O)On1ccc(C2CC2)n1. The molecule has 0 bridgehead atoms. The second-order valence-electron chi connectivity index (χ2n) is 3.63. The van der Waals surface area contributed by atoms with E-state index < -0.39 is 0 Å². The van der Waals surface area contributed by atoms with Crippen LogP contribution in [0.1, 0.15) is 44.2 Å². The van der Waals surface area contributed by atoms with Gasteiger partial charge in [-0.15, -0.1) is 5.10 Å². The van der Waals surface area contributed by atoms with E-state index in [1.54, 1.807) is 6.20 Å². The van der Waals surface area contributed by atoms with Crippen molar-refractivity contribution in [2.75, 3.05) is 0 Å². The summed E-state index contributed by atoms with van der Waals surface area (Å²) in [6.45, 7) is 1.94. The molecule has 0 amide bonds. The zero-order valence-electron chi connectivity index (χ0n) is 8.27.